The number of aryl methyl sites for hydroxylation is 4. The largest absolute Gasteiger partial charge is 0.489 e. The van der Waals surface area contributed by atoms with Crippen LogP contribution in [0.1, 0.15) is 27.8 Å². The zero-order chi connectivity index (χ0) is 14.0. The summed E-state index contributed by atoms with van der Waals surface area (Å²) in [5.74, 6) is 0.508. The third-order valence-corrected chi connectivity index (χ3v) is 3.35. The molecular weight excluding hydrogens is 239 g/mol. The van der Waals surface area contributed by atoms with E-state index < -0.39 is 0 Å². The summed E-state index contributed by atoms with van der Waals surface area (Å²) in [6, 6.07) is 9.15. The average Bonchev–Trinajstić information content (AvgIpc) is 2.32. The minimum Gasteiger partial charge on any atom is -0.489 e. The second-order valence-electron chi connectivity index (χ2n) is 5.08. The van der Waals surface area contributed by atoms with Crippen LogP contribution in [0.5, 0.6) is 5.75 Å². The van der Waals surface area contributed by atoms with Crippen molar-refractivity contribution < 1.29 is 9.13 Å². The van der Waals surface area contributed by atoms with Gasteiger partial charge in [0.05, 0.1) is 0 Å². The van der Waals surface area contributed by atoms with Crippen molar-refractivity contribution in [2.75, 3.05) is 0 Å². The van der Waals surface area contributed by atoms with Gasteiger partial charge in [0.1, 0.15) is 18.2 Å². The minimum atomic E-state index is -0.199. The van der Waals surface area contributed by atoms with Crippen molar-refractivity contribution in [1.82, 2.24) is 0 Å². The van der Waals surface area contributed by atoms with E-state index in [-0.39, 0.29) is 5.82 Å². The molecule has 0 aliphatic rings. The molecule has 2 aromatic carbocycles. The molecule has 0 saturated heterocycles. The molecule has 0 bridgehead atoms. The molecule has 0 heterocycles. The van der Waals surface area contributed by atoms with Crippen molar-refractivity contribution in [3.63, 3.8) is 0 Å². The lowest BCUT2D eigenvalue weighted by Gasteiger charge is -2.13. The number of hydrogen-bond acceptors (Lipinski definition) is 1. The Labute approximate surface area is 114 Å². The molecule has 0 aliphatic carbocycles. The fourth-order valence-corrected chi connectivity index (χ4v) is 2.30. The number of hydrogen-bond donors (Lipinski definition) is 0. The Morgan fingerprint density at radius 1 is 0.895 bits per heavy atom. The molecule has 0 radical (unpaired) electrons. The van der Waals surface area contributed by atoms with Crippen molar-refractivity contribution in [2.45, 2.75) is 34.3 Å². The Hall–Kier alpha value is -1.83. The molecule has 0 unspecified atom stereocenters. The zero-order valence-corrected chi connectivity index (χ0v) is 11.9. The van der Waals surface area contributed by atoms with Crippen LogP contribution in [0, 0.1) is 33.5 Å². The van der Waals surface area contributed by atoms with E-state index in [4.69, 9.17) is 4.74 Å². The van der Waals surface area contributed by atoms with Crippen LogP contribution in [0.4, 0.5) is 4.39 Å². The van der Waals surface area contributed by atoms with E-state index in [9.17, 15) is 4.39 Å². The molecule has 100 valence electrons. The van der Waals surface area contributed by atoms with E-state index in [1.807, 2.05) is 0 Å². The fraction of sp³-hybridized carbons (Fsp3) is 0.294. The van der Waals surface area contributed by atoms with Gasteiger partial charge in [-0.2, -0.15) is 0 Å². The van der Waals surface area contributed by atoms with Crippen LogP contribution in [-0.4, -0.2) is 0 Å². The van der Waals surface area contributed by atoms with Gasteiger partial charge in [0.25, 0.3) is 0 Å². The molecule has 0 N–H and O–H groups in total. The first kappa shape index (κ1) is 13.6. The van der Waals surface area contributed by atoms with Crippen molar-refractivity contribution in [1.29, 1.82) is 0 Å². The second kappa shape index (κ2) is 5.43. The van der Waals surface area contributed by atoms with Crippen LogP contribution < -0.4 is 4.74 Å². The molecule has 1 nitrogen and oxygen atoms in total. The quantitative estimate of drug-likeness (QED) is 0.779. The van der Waals surface area contributed by atoms with Gasteiger partial charge in [-0.1, -0.05) is 17.7 Å². The second-order valence-corrected chi connectivity index (χ2v) is 5.08. The third-order valence-electron chi connectivity index (χ3n) is 3.35. The summed E-state index contributed by atoms with van der Waals surface area (Å²) in [4.78, 5) is 0. The third kappa shape index (κ3) is 3.14. The molecule has 19 heavy (non-hydrogen) atoms. The van der Waals surface area contributed by atoms with Gasteiger partial charge in [-0.05, 0) is 68.1 Å². The molecule has 0 aromatic heterocycles. The fourth-order valence-electron chi connectivity index (χ4n) is 2.30. The Balaban J connectivity index is 2.16. The lowest BCUT2D eigenvalue weighted by Crippen LogP contribution is -2.01. The minimum absolute atomic E-state index is 0.199. The molecule has 2 heteroatoms. The summed E-state index contributed by atoms with van der Waals surface area (Å²) in [5.41, 5.74) is 5.53. The van der Waals surface area contributed by atoms with Crippen LogP contribution in [0.3, 0.4) is 0 Å². The normalized spacial score (nSPS) is 10.6. The van der Waals surface area contributed by atoms with Crippen molar-refractivity contribution in [3.8, 4) is 5.75 Å². The standard InChI is InChI=1S/C17H19FO/c1-11-7-12(2)16(13(3)8-11)10-19-15-5-6-17(18)14(4)9-15/h5-9H,10H2,1-4H3. The lowest BCUT2D eigenvalue weighted by atomic mass is 10.0. The highest BCUT2D eigenvalue weighted by Gasteiger charge is 2.06. The van der Waals surface area contributed by atoms with Crippen molar-refractivity contribution in [2.24, 2.45) is 0 Å². The SMILES string of the molecule is Cc1cc(C)c(COc2ccc(F)c(C)c2)c(C)c1. The van der Waals surface area contributed by atoms with Gasteiger partial charge < -0.3 is 4.74 Å². The molecule has 0 amide bonds. The topological polar surface area (TPSA) is 9.23 Å². The molecule has 0 atom stereocenters. The first-order valence-electron chi connectivity index (χ1n) is 6.43. The predicted molar refractivity (Wildman–Crippen MR) is 76.1 cm³/mol. The number of ether oxygens (including phenoxy) is 1. The van der Waals surface area contributed by atoms with E-state index in [1.54, 1.807) is 19.1 Å². The monoisotopic (exact) mass is 258 g/mol. The van der Waals surface area contributed by atoms with Crippen LogP contribution in [0.15, 0.2) is 30.3 Å². The number of benzene rings is 2. The number of rotatable bonds is 3. The van der Waals surface area contributed by atoms with Crippen LogP contribution in [0.2, 0.25) is 0 Å². The molecule has 0 aliphatic heterocycles. The van der Waals surface area contributed by atoms with Gasteiger partial charge >= 0.3 is 0 Å². The van der Waals surface area contributed by atoms with Gasteiger partial charge in [-0.15, -0.1) is 0 Å². The maximum atomic E-state index is 13.2. The molecule has 2 rings (SSSR count). The Bertz CT molecular complexity index is 579. The Morgan fingerprint density at radius 2 is 1.53 bits per heavy atom. The predicted octanol–water partition coefficient (Wildman–Crippen LogP) is 4.64. The van der Waals surface area contributed by atoms with Gasteiger partial charge in [0.15, 0.2) is 0 Å². The van der Waals surface area contributed by atoms with E-state index in [0.29, 0.717) is 17.9 Å². The van der Waals surface area contributed by atoms with Gasteiger partial charge in [-0.3, -0.25) is 0 Å². The van der Waals surface area contributed by atoms with E-state index in [0.717, 1.165) is 0 Å². The Morgan fingerprint density at radius 3 is 2.11 bits per heavy atom. The van der Waals surface area contributed by atoms with Gasteiger partial charge in [0, 0.05) is 0 Å². The summed E-state index contributed by atoms with van der Waals surface area (Å²) in [7, 11) is 0. The summed E-state index contributed by atoms with van der Waals surface area (Å²) in [5, 5.41) is 0. The summed E-state index contributed by atoms with van der Waals surface area (Å²) in [6.45, 7) is 8.53. The summed E-state index contributed by atoms with van der Waals surface area (Å²) >= 11 is 0. The Kier molecular flexibility index (Phi) is 3.89. The highest BCUT2D eigenvalue weighted by atomic mass is 19.1. The molecule has 0 saturated carbocycles. The summed E-state index contributed by atoms with van der Waals surface area (Å²) < 4.78 is 18.9. The van der Waals surface area contributed by atoms with Crippen LogP contribution >= 0.6 is 0 Å². The highest BCUT2D eigenvalue weighted by molar-refractivity contribution is 5.37. The lowest BCUT2D eigenvalue weighted by molar-refractivity contribution is 0.304. The smallest absolute Gasteiger partial charge is 0.126 e. The molecule has 0 spiro atoms. The van der Waals surface area contributed by atoms with E-state index in [2.05, 4.69) is 32.9 Å². The molecule has 2 aromatic rings. The van der Waals surface area contributed by atoms with Gasteiger partial charge in [0.2, 0.25) is 0 Å². The molecular formula is C17H19FO. The van der Waals surface area contributed by atoms with Crippen LogP contribution in [0.25, 0.3) is 0 Å². The zero-order valence-electron chi connectivity index (χ0n) is 11.9. The van der Waals surface area contributed by atoms with Crippen LogP contribution in [-0.2, 0) is 6.61 Å². The van der Waals surface area contributed by atoms with E-state index >= 15 is 0 Å². The first-order valence-corrected chi connectivity index (χ1v) is 6.43. The van der Waals surface area contributed by atoms with Crippen molar-refractivity contribution >= 4 is 0 Å². The van der Waals surface area contributed by atoms with Crippen molar-refractivity contribution in [3.05, 3.63) is 64.0 Å². The van der Waals surface area contributed by atoms with Gasteiger partial charge in [-0.25, -0.2) is 4.39 Å². The average molecular weight is 258 g/mol. The van der Waals surface area contributed by atoms with E-state index in [1.165, 1.54) is 28.3 Å². The maximum Gasteiger partial charge on any atom is 0.126 e. The summed E-state index contributed by atoms with van der Waals surface area (Å²) in [6.07, 6.45) is 0. The molecule has 0 fully saturated rings. The first-order chi connectivity index (χ1) is 8.97. The highest BCUT2D eigenvalue weighted by Crippen LogP contribution is 2.21. The number of halogens is 1. The maximum absolute atomic E-state index is 13.2.